The largest absolute Gasteiger partial charge is 0.356 e. The van der Waals surface area contributed by atoms with Crippen LogP contribution in [0.5, 0.6) is 0 Å². The van der Waals surface area contributed by atoms with Crippen LogP contribution in [0.15, 0.2) is 30.3 Å². The number of hydrogen-bond donors (Lipinski definition) is 1. The first-order valence-corrected chi connectivity index (χ1v) is 9.21. The van der Waals surface area contributed by atoms with Crippen LogP contribution < -0.4 is 5.32 Å². The minimum atomic E-state index is -0.0289. The Labute approximate surface area is 137 Å². The van der Waals surface area contributed by atoms with Crippen LogP contribution in [0.2, 0.25) is 0 Å². The number of hydrogen-bond acceptors (Lipinski definition) is 1. The lowest BCUT2D eigenvalue weighted by atomic mass is 9.85. The third-order valence-electron chi connectivity index (χ3n) is 4.01. The van der Waals surface area contributed by atoms with E-state index in [0.717, 1.165) is 30.3 Å². The molecule has 118 valence electrons. The van der Waals surface area contributed by atoms with Gasteiger partial charge in [-0.15, -0.1) is 0 Å². The van der Waals surface area contributed by atoms with Crippen molar-refractivity contribution in [1.82, 2.24) is 5.32 Å². The van der Waals surface area contributed by atoms with Gasteiger partial charge in [-0.2, -0.15) is 0 Å². The molecular formula is C18H28BrNO. The average molecular weight is 354 g/mol. The Morgan fingerprint density at radius 1 is 1.14 bits per heavy atom. The highest BCUT2D eigenvalue weighted by Crippen LogP contribution is 2.27. The molecule has 0 saturated carbocycles. The van der Waals surface area contributed by atoms with Gasteiger partial charge in [-0.05, 0) is 24.3 Å². The van der Waals surface area contributed by atoms with Crippen LogP contribution in [0.1, 0.15) is 57.4 Å². The van der Waals surface area contributed by atoms with Gasteiger partial charge in [0.25, 0.3) is 0 Å². The van der Waals surface area contributed by atoms with Crippen molar-refractivity contribution in [1.29, 1.82) is 0 Å². The third kappa shape index (κ3) is 6.64. The van der Waals surface area contributed by atoms with E-state index in [1.807, 2.05) is 18.2 Å². The van der Waals surface area contributed by atoms with E-state index in [0.29, 0.717) is 5.92 Å². The second kappa shape index (κ2) is 10.8. The highest BCUT2D eigenvalue weighted by atomic mass is 79.9. The van der Waals surface area contributed by atoms with Crippen LogP contribution in [-0.4, -0.2) is 17.8 Å². The highest BCUT2D eigenvalue weighted by molar-refractivity contribution is 9.09. The fourth-order valence-corrected chi connectivity index (χ4v) is 2.93. The van der Waals surface area contributed by atoms with Crippen LogP contribution in [0.4, 0.5) is 0 Å². The molecule has 1 aromatic carbocycles. The van der Waals surface area contributed by atoms with Gasteiger partial charge in [0.1, 0.15) is 0 Å². The normalized spacial score (nSPS) is 13.7. The molecule has 0 spiro atoms. The monoisotopic (exact) mass is 353 g/mol. The van der Waals surface area contributed by atoms with E-state index in [1.54, 1.807) is 0 Å². The Bertz CT molecular complexity index is 393. The van der Waals surface area contributed by atoms with Crippen LogP contribution in [0, 0.1) is 5.92 Å². The maximum absolute atomic E-state index is 12.5. The lowest BCUT2D eigenvalue weighted by Gasteiger charge is -2.22. The quantitative estimate of drug-likeness (QED) is 0.470. The fourth-order valence-electron chi connectivity index (χ4n) is 2.53. The number of rotatable bonds is 10. The molecule has 21 heavy (non-hydrogen) atoms. The first kappa shape index (κ1) is 18.2. The molecule has 0 aliphatic carbocycles. The number of nitrogens with one attached hydrogen (secondary N) is 1. The van der Waals surface area contributed by atoms with E-state index < -0.39 is 0 Å². The van der Waals surface area contributed by atoms with Gasteiger partial charge in [0.15, 0.2) is 0 Å². The molecule has 1 rings (SSSR count). The molecule has 0 aliphatic heterocycles. The summed E-state index contributed by atoms with van der Waals surface area (Å²) in [6, 6.07) is 10.1. The van der Waals surface area contributed by atoms with E-state index in [-0.39, 0.29) is 11.8 Å². The van der Waals surface area contributed by atoms with Gasteiger partial charge >= 0.3 is 0 Å². The van der Waals surface area contributed by atoms with Gasteiger partial charge < -0.3 is 5.32 Å². The molecule has 0 heterocycles. The van der Waals surface area contributed by atoms with Crippen molar-refractivity contribution in [3.05, 3.63) is 35.9 Å². The summed E-state index contributed by atoms with van der Waals surface area (Å²) in [6.07, 6.45) is 5.71. The van der Waals surface area contributed by atoms with E-state index >= 15 is 0 Å². The minimum absolute atomic E-state index is 0.0289. The maximum Gasteiger partial charge on any atom is 0.227 e. The van der Waals surface area contributed by atoms with Crippen LogP contribution in [-0.2, 0) is 4.79 Å². The Kier molecular flexibility index (Phi) is 9.40. The van der Waals surface area contributed by atoms with Gasteiger partial charge in [0.2, 0.25) is 5.91 Å². The molecule has 0 aliphatic rings. The Hall–Kier alpha value is -0.830. The van der Waals surface area contributed by atoms with Crippen molar-refractivity contribution in [2.75, 3.05) is 11.9 Å². The van der Waals surface area contributed by atoms with Crippen LogP contribution >= 0.6 is 15.9 Å². The zero-order valence-corrected chi connectivity index (χ0v) is 14.9. The number of amides is 1. The molecule has 2 atom stereocenters. The van der Waals surface area contributed by atoms with E-state index in [9.17, 15) is 4.79 Å². The second-order valence-corrected chi connectivity index (χ2v) is 6.46. The molecule has 1 aromatic rings. The van der Waals surface area contributed by atoms with Crippen LogP contribution in [0.25, 0.3) is 0 Å². The molecule has 2 unspecified atom stereocenters. The fraction of sp³-hybridized carbons (Fsp3) is 0.611. The summed E-state index contributed by atoms with van der Waals surface area (Å²) >= 11 is 3.44. The van der Waals surface area contributed by atoms with Crippen LogP contribution in [0.3, 0.4) is 0 Å². The Morgan fingerprint density at radius 2 is 1.81 bits per heavy atom. The summed E-state index contributed by atoms with van der Waals surface area (Å²) in [4.78, 5) is 12.5. The number of benzene rings is 1. The van der Waals surface area contributed by atoms with Crippen molar-refractivity contribution in [3.63, 3.8) is 0 Å². The molecule has 0 aromatic heterocycles. The van der Waals surface area contributed by atoms with Crippen molar-refractivity contribution in [2.24, 2.45) is 5.92 Å². The third-order valence-corrected chi connectivity index (χ3v) is 4.57. The highest BCUT2D eigenvalue weighted by Gasteiger charge is 2.25. The molecule has 0 saturated heterocycles. The SMILES string of the molecule is CCC(C)C(C(=O)NCCCCCCBr)c1ccccc1. The summed E-state index contributed by atoms with van der Waals surface area (Å²) in [5, 5.41) is 4.20. The molecule has 3 heteroatoms. The van der Waals surface area contributed by atoms with Crippen molar-refractivity contribution in [3.8, 4) is 0 Å². The minimum Gasteiger partial charge on any atom is -0.356 e. The number of carbonyl (C=O) groups is 1. The second-order valence-electron chi connectivity index (χ2n) is 5.67. The topological polar surface area (TPSA) is 29.1 Å². The molecule has 1 N–H and O–H groups in total. The molecule has 0 fully saturated rings. The number of alkyl halides is 1. The molecule has 0 bridgehead atoms. The smallest absolute Gasteiger partial charge is 0.227 e. The van der Waals surface area contributed by atoms with E-state index in [4.69, 9.17) is 0 Å². The van der Waals surface area contributed by atoms with Gasteiger partial charge in [0, 0.05) is 11.9 Å². The lowest BCUT2D eigenvalue weighted by molar-refractivity contribution is -0.123. The van der Waals surface area contributed by atoms with Crippen molar-refractivity contribution < 1.29 is 4.79 Å². The predicted molar refractivity (Wildman–Crippen MR) is 93.9 cm³/mol. The van der Waals surface area contributed by atoms with Crippen molar-refractivity contribution >= 4 is 21.8 Å². The Balaban J connectivity index is 2.49. The zero-order chi connectivity index (χ0) is 15.5. The number of halogens is 1. The molecule has 0 radical (unpaired) electrons. The first-order valence-electron chi connectivity index (χ1n) is 8.09. The average Bonchev–Trinajstić information content (AvgIpc) is 2.51. The van der Waals surface area contributed by atoms with E-state index in [1.165, 1.54) is 19.3 Å². The summed E-state index contributed by atoms with van der Waals surface area (Å²) in [6.45, 7) is 5.10. The molecule has 1 amide bonds. The molecular weight excluding hydrogens is 326 g/mol. The van der Waals surface area contributed by atoms with Gasteiger partial charge in [0.05, 0.1) is 5.92 Å². The van der Waals surface area contributed by atoms with Crippen molar-refractivity contribution in [2.45, 2.75) is 51.9 Å². The van der Waals surface area contributed by atoms with E-state index in [2.05, 4.69) is 47.2 Å². The molecule has 2 nitrogen and oxygen atoms in total. The summed E-state index contributed by atoms with van der Waals surface area (Å²) in [5.74, 6) is 0.510. The summed E-state index contributed by atoms with van der Waals surface area (Å²) in [5.41, 5.74) is 1.13. The summed E-state index contributed by atoms with van der Waals surface area (Å²) in [7, 11) is 0. The lowest BCUT2D eigenvalue weighted by Crippen LogP contribution is -2.33. The standard InChI is InChI=1S/C18H28BrNO/c1-3-15(2)17(16-11-7-6-8-12-16)18(21)20-14-10-5-4-9-13-19/h6-8,11-12,15,17H,3-5,9-10,13-14H2,1-2H3,(H,20,21). The first-order chi connectivity index (χ1) is 10.2. The predicted octanol–water partition coefficient (Wildman–Crippen LogP) is 4.89. The van der Waals surface area contributed by atoms with Gasteiger partial charge in [-0.3, -0.25) is 4.79 Å². The number of unbranched alkanes of at least 4 members (excludes halogenated alkanes) is 3. The summed E-state index contributed by atoms with van der Waals surface area (Å²) < 4.78 is 0. The van der Waals surface area contributed by atoms with Gasteiger partial charge in [-0.25, -0.2) is 0 Å². The zero-order valence-electron chi connectivity index (χ0n) is 13.3. The van der Waals surface area contributed by atoms with Gasteiger partial charge in [-0.1, -0.05) is 79.4 Å². The Morgan fingerprint density at radius 3 is 2.43 bits per heavy atom. The maximum atomic E-state index is 12.5. The number of carbonyl (C=O) groups excluding carboxylic acids is 1.